The van der Waals surface area contributed by atoms with Gasteiger partial charge >= 0.3 is 0 Å². The van der Waals surface area contributed by atoms with Crippen LogP contribution in [0.15, 0.2) is 48.8 Å². The van der Waals surface area contributed by atoms with Gasteiger partial charge in [-0.2, -0.15) is 0 Å². The molecule has 1 heterocycles. The van der Waals surface area contributed by atoms with Gasteiger partial charge in [0.1, 0.15) is 5.75 Å². The van der Waals surface area contributed by atoms with Gasteiger partial charge in [-0.25, -0.2) is 0 Å². The molecule has 0 saturated heterocycles. The highest BCUT2D eigenvalue weighted by Crippen LogP contribution is 2.24. The van der Waals surface area contributed by atoms with Gasteiger partial charge in [0.2, 0.25) is 0 Å². The molecule has 2 aromatic rings. The normalized spacial score (nSPS) is 12.1. The molecule has 0 spiro atoms. The van der Waals surface area contributed by atoms with E-state index in [0.29, 0.717) is 12.5 Å². The lowest BCUT2D eigenvalue weighted by atomic mass is 9.93. The van der Waals surface area contributed by atoms with Gasteiger partial charge < -0.3 is 10.5 Å². The molecule has 1 atom stereocenters. The summed E-state index contributed by atoms with van der Waals surface area (Å²) in [6, 6.07) is 12.2. The monoisotopic (exact) mass is 256 g/mol. The number of rotatable bonds is 6. The Balaban J connectivity index is 2.04. The van der Waals surface area contributed by atoms with E-state index in [9.17, 15) is 0 Å². The van der Waals surface area contributed by atoms with E-state index in [4.69, 9.17) is 10.5 Å². The fourth-order valence-corrected chi connectivity index (χ4v) is 2.28. The van der Waals surface area contributed by atoms with E-state index in [1.165, 1.54) is 11.1 Å². The first kappa shape index (κ1) is 13.6. The number of aromatic nitrogens is 1. The molecule has 1 aromatic carbocycles. The summed E-state index contributed by atoms with van der Waals surface area (Å²) in [5, 5.41) is 0. The first-order chi connectivity index (χ1) is 9.35. The highest BCUT2D eigenvalue weighted by Gasteiger charge is 2.11. The lowest BCUT2D eigenvalue weighted by Gasteiger charge is -2.15. The van der Waals surface area contributed by atoms with Crippen molar-refractivity contribution in [2.75, 3.05) is 13.7 Å². The van der Waals surface area contributed by atoms with Crippen LogP contribution in [0, 0.1) is 0 Å². The summed E-state index contributed by atoms with van der Waals surface area (Å²) in [4.78, 5) is 4.16. The van der Waals surface area contributed by atoms with Crippen LogP contribution in [0.5, 0.6) is 5.75 Å². The highest BCUT2D eigenvalue weighted by atomic mass is 16.5. The second-order valence-electron chi connectivity index (χ2n) is 4.57. The van der Waals surface area contributed by atoms with Gasteiger partial charge in [-0.1, -0.05) is 24.3 Å². The third-order valence-electron chi connectivity index (χ3n) is 3.39. The maximum absolute atomic E-state index is 5.88. The Morgan fingerprint density at radius 1 is 1.21 bits per heavy atom. The Hall–Kier alpha value is -1.87. The van der Waals surface area contributed by atoms with Crippen LogP contribution in [0.1, 0.15) is 23.5 Å². The molecule has 0 aliphatic heterocycles. The van der Waals surface area contributed by atoms with Gasteiger partial charge in [0.05, 0.1) is 7.11 Å². The molecule has 1 unspecified atom stereocenters. The number of methoxy groups -OCH3 is 1. The molecule has 0 bridgehead atoms. The fraction of sp³-hybridized carbons (Fsp3) is 0.312. The van der Waals surface area contributed by atoms with Crippen LogP contribution >= 0.6 is 0 Å². The molecule has 0 saturated carbocycles. The average Bonchev–Trinajstić information content (AvgIpc) is 2.49. The number of benzene rings is 1. The highest BCUT2D eigenvalue weighted by molar-refractivity contribution is 5.33. The molecule has 2 N–H and O–H groups in total. The number of nitrogens with two attached hydrogens (primary N) is 1. The minimum absolute atomic E-state index is 0.346. The van der Waals surface area contributed by atoms with E-state index in [2.05, 4.69) is 17.1 Å². The smallest absolute Gasteiger partial charge is 0.122 e. The Kier molecular flexibility index (Phi) is 4.93. The molecule has 100 valence electrons. The van der Waals surface area contributed by atoms with Crippen molar-refractivity contribution < 1.29 is 4.74 Å². The zero-order chi connectivity index (χ0) is 13.5. The molecule has 2 rings (SSSR count). The summed E-state index contributed by atoms with van der Waals surface area (Å²) in [7, 11) is 1.71. The molecule has 0 amide bonds. The van der Waals surface area contributed by atoms with Crippen molar-refractivity contribution in [1.82, 2.24) is 4.98 Å². The van der Waals surface area contributed by atoms with E-state index >= 15 is 0 Å². The Bertz CT molecular complexity index is 499. The topological polar surface area (TPSA) is 48.1 Å². The minimum atomic E-state index is 0.346. The van der Waals surface area contributed by atoms with Crippen molar-refractivity contribution in [2.45, 2.75) is 18.8 Å². The maximum Gasteiger partial charge on any atom is 0.122 e. The number of hydrogen-bond donors (Lipinski definition) is 1. The van der Waals surface area contributed by atoms with Crippen LogP contribution in [-0.4, -0.2) is 18.6 Å². The van der Waals surface area contributed by atoms with Gasteiger partial charge in [-0.3, -0.25) is 4.98 Å². The van der Waals surface area contributed by atoms with Crippen molar-refractivity contribution in [3.63, 3.8) is 0 Å². The van der Waals surface area contributed by atoms with Crippen molar-refractivity contribution in [1.29, 1.82) is 0 Å². The van der Waals surface area contributed by atoms with Crippen LogP contribution in [0.4, 0.5) is 0 Å². The molecule has 19 heavy (non-hydrogen) atoms. The van der Waals surface area contributed by atoms with E-state index in [1.54, 1.807) is 13.3 Å². The largest absolute Gasteiger partial charge is 0.496 e. The number of ether oxygens (including phenoxy) is 1. The molecular weight excluding hydrogens is 236 g/mol. The summed E-state index contributed by atoms with van der Waals surface area (Å²) in [6.45, 7) is 0.640. The molecule has 3 nitrogen and oxygen atoms in total. The Morgan fingerprint density at radius 2 is 2.05 bits per heavy atom. The maximum atomic E-state index is 5.88. The summed E-state index contributed by atoms with van der Waals surface area (Å²) in [5.41, 5.74) is 8.32. The van der Waals surface area contributed by atoms with Crippen LogP contribution in [-0.2, 0) is 6.42 Å². The van der Waals surface area contributed by atoms with Gasteiger partial charge in [-0.05, 0) is 48.6 Å². The molecule has 0 aliphatic rings. The van der Waals surface area contributed by atoms with Crippen molar-refractivity contribution in [2.24, 2.45) is 5.73 Å². The molecule has 0 fully saturated rings. The van der Waals surface area contributed by atoms with E-state index in [-0.39, 0.29) is 0 Å². The first-order valence-corrected chi connectivity index (χ1v) is 6.57. The summed E-state index contributed by atoms with van der Waals surface area (Å²) in [5.74, 6) is 1.29. The molecule has 0 aliphatic carbocycles. The molecule has 1 aromatic heterocycles. The average molecular weight is 256 g/mol. The van der Waals surface area contributed by atoms with E-state index < -0.39 is 0 Å². The second kappa shape index (κ2) is 6.90. The van der Waals surface area contributed by atoms with Crippen LogP contribution < -0.4 is 10.5 Å². The lowest BCUT2D eigenvalue weighted by molar-refractivity contribution is 0.408. The number of pyridine rings is 1. The summed E-state index contributed by atoms with van der Waals surface area (Å²) < 4.78 is 5.37. The van der Waals surface area contributed by atoms with Crippen LogP contribution in [0.25, 0.3) is 0 Å². The summed E-state index contributed by atoms with van der Waals surface area (Å²) >= 11 is 0. The second-order valence-corrected chi connectivity index (χ2v) is 4.57. The zero-order valence-corrected chi connectivity index (χ0v) is 11.3. The Morgan fingerprint density at radius 3 is 2.74 bits per heavy atom. The number of nitrogens with zero attached hydrogens (tertiary/aromatic N) is 1. The van der Waals surface area contributed by atoms with Crippen LogP contribution in [0.3, 0.4) is 0 Å². The van der Waals surface area contributed by atoms with Gasteiger partial charge in [0.15, 0.2) is 0 Å². The molecule has 0 radical (unpaired) electrons. The van der Waals surface area contributed by atoms with Crippen molar-refractivity contribution in [3.05, 3.63) is 59.9 Å². The molecular formula is C16H20N2O. The lowest BCUT2D eigenvalue weighted by Crippen LogP contribution is -2.13. The fourth-order valence-electron chi connectivity index (χ4n) is 2.28. The zero-order valence-electron chi connectivity index (χ0n) is 11.3. The van der Waals surface area contributed by atoms with Gasteiger partial charge in [0.25, 0.3) is 0 Å². The quantitative estimate of drug-likeness (QED) is 0.864. The number of hydrogen-bond acceptors (Lipinski definition) is 3. The predicted molar refractivity (Wildman–Crippen MR) is 77.3 cm³/mol. The van der Waals surface area contributed by atoms with Crippen LogP contribution in [0.2, 0.25) is 0 Å². The molecule has 3 heteroatoms. The minimum Gasteiger partial charge on any atom is -0.496 e. The van der Waals surface area contributed by atoms with Gasteiger partial charge in [-0.15, -0.1) is 0 Å². The van der Waals surface area contributed by atoms with Crippen molar-refractivity contribution in [3.8, 4) is 5.75 Å². The van der Waals surface area contributed by atoms with Gasteiger partial charge in [0, 0.05) is 12.4 Å². The van der Waals surface area contributed by atoms with E-state index in [1.807, 2.05) is 30.5 Å². The van der Waals surface area contributed by atoms with E-state index in [0.717, 1.165) is 18.6 Å². The first-order valence-electron chi connectivity index (χ1n) is 6.57. The van der Waals surface area contributed by atoms with Crippen molar-refractivity contribution >= 4 is 0 Å². The standard InChI is InChI=1S/C16H20N2O/c1-19-16-7-3-2-5-13(16)8-9-14(11-17)15-6-4-10-18-12-15/h2-7,10,12,14H,8-9,11,17H2,1H3. The third-order valence-corrected chi connectivity index (χ3v) is 3.39. The number of aryl methyl sites for hydroxylation is 1. The predicted octanol–water partition coefficient (Wildman–Crippen LogP) is 2.77. The summed E-state index contributed by atoms with van der Waals surface area (Å²) in [6.07, 6.45) is 5.65. The SMILES string of the molecule is COc1ccccc1CCC(CN)c1cccnc1. The number of para-hydroxylation sites is 1. The Labute approximate surface area is 114 Å². The third kappa shape index (κ3) is 3.55.